The number of ether oxygens (including phenoxy) is 1. The van der Waals surface area contributed by atoms with Crippen LogP contribution >= 0.6 is 0 Å². The van der Waals surface area contributed by atoms with Gasteiger partial charge in [-0.1, -0.05) is 35.9 Å². The Morgan fingerprint density at radius 1 is 1.09 bits per heavy atom. The second-order valence-electron chi connectivity index (χ2n) is 5.45. The average molecular weight is 310 g/mol. The SMILES string of the molecule is COc1ccccc1/C=C/NC(=O)Nc1c(C)cc(C)cc1C. The highest BCUT2D eigenvalue weighted by molar-refractivity contribution is 5.92. The van der Waals surface area contributed by atoms with Crippen LogP contribution in [0, 0.1) is 20.8 Å². The zero-order valence-electron chi connectivity index (χ0n) is 13.9. The van der Waals surface area contributed by atoms with Gasteiger partial charge in [0.1, 0.15) is 5.75 Å². The molecule has 0 unspecified atom stereocenters. The van der Waals surface area contributed by atoms with Gasteiger partial charge in [-0.3, -0.25) is 0 Å². The van der Waals surface area contributed by atoms with E-state index in [0.717, 1.165) is 28.1 Å². The molecular formula is C19H22N2O2. The van der Waals surface area contributed by atoms with Crippen LogP contribution in [0.3, 0.4) is 0 Å². The minimum atomic E-state index is -0.272. The van der Waals surface area contributed by atoms with Crippen molar-refractivity contribution in [1.29, 1.82) is 0 Å². The van der Waals surface area contributed by atoms with Crippen molar-refractivity contribution in [1.82, 2.24) is 5.32 Å². The zero-order chi connectivity index (χ0) is 16.8. The number of nitrogens with one attached hydrogen (secondary N) is 2. The molecule has 2 aromatic carbocycles. The first-order valence-electron chi connectivity index (χ1n) is 7.46. The van der Waals surface area contributed by atoms with E-state index in [2.05, 4.69) is 10.6 Å². The topological polar surface area (TPSA) is 50.4 Å². The van der Waals surface area contributed by atoms with Gasteiger partial charge >= 0.3 is 6.03 Å². The largest absolute Gasteiger partial charge is 0.496 e. The molecule has 4 heteroatoms. The molecule has 0 bridgehead atoms. The van der Waals surface area contributed by atoms with Gasteiger partial charge in [0, 0.05) is 17.5 Å². The second kappa shape index (κ2) is 7.49. The Morgan fingerprint density at radius 2 is 1.74 bits per heavy atom. The lowest BCUT2D eigenvalue weighted by Gasteiger charge is -2.12. The molecule has 0 heterocycles. The number of carbonyl (C=O) groups is 1. The van der Waals surface area contributed by atoms with Crippen molar-refractivity contribution in [2.24, 2.45) is 0 Å². The second-order valence-corrected chi connectivity index (χ2v) is 5.45. The average Bonchev–Trinajstić information content (AvgIpc) is 2.51. The number of benzene rings is 2. The quantitative estimate of drug-likeness (QED) is 0.878. The minimum Gasteiger partial charge on any atom is -0.496 e. The van der Waals surface area contributed by atoms with E-state index >= 15 is 0 Å². The fourth-order valence-electron chi connectivity index (χ4n) is 2.54. The van der Waals surface area contributed by atoms with E-state index in [1.54, 1.807) is 19.4 Å². The molecule has 0 radical (unpaired) electrons. The lowest BCUT2D eigenvalue weighted by molar-refractivity contribution is 0.255. The Morgan fingerprint density at radius 3 is 2.39 bits per heavy atom. The van der Waals surface area contributed by atoms with Gasteiger partial charge in [0.25, 0.3) is 0 Å². The van der Waals surface area contributed by atoms with Gasteiger partial charge in [-0.2, -0.15) is 0 Å². The number of urea groups is 1. The van der Waals surface area contributed by atoms with Crippen LogP contribution in [0.15, 0.2) is 42.6 Å². The standard InChI is InChI=1S/C19H22N2O2/c1-13-11-14(2)18(15(3)12-13)21-19(22)20-10-9-16-7-5-6-8-17(16)23-4/h5-12H,1-4H3,(H2,20,21,22)/b10-9+. The van der Waals surface area contributed by atoms with Gasteiger partial charge in [0.2, 0.25) is 0 Å². The number of para-hydroxylation sites is 1. The zero-order valence-corrected chi connectivity index (χ0v) is 13.9. The molecule has 0 atom stereocenters. The molecule has 0 saturated heterocycles. The molecule has 23 heavy (non-hydrogen) atoms. The highest BCUT2D eigenvalue weighted by Crippen LogP contribution is 2.22. The number of anilines is 1. The first kappa shape index (κ1) is 16.6. The van der Waals surface area contributed by atoms with E-state index in [1.165, 1.54) is 5.56 Å². The van der Waals surface area contributed by atoms with Crippen LogP contribution < -0.4 is 15.4 Å². The van der Waals surface area contributed by atoms with Crippen LogP contribution in [0.2, 0.25) is 0 Å². The van der Waals surface area contributed by atoms with Crippen LogP contribution in [-0.2, 0) is 0 Å². The fraction of sp³-hybridized carbons (Fsp3) is 0.211. The van der Waals surface area contributed by atoms with Crippen LogP contribution in [0.5, 0.6) is 5.75 Å². The number of hydrogen-bond donors (Lipinski definition) is 2. The summed E-state index contributed by atoms with van der Waals surface area (Å²) in [6.45, 7) is 6.01. The predicted molar refractivity (Wildman–Crippen MR) is 94.8 cm³/mol. The molecule has 0 aliphatic rings. The molecule has 120 valence electrons. The van der Waals surface area contributed by atoms with Crippen molar-refractivity contribution in [2.45, 2.75) is 20.8 Å². The van der Waals surface area contributed by atoms with E-state index < -0.39 is 0 Å². The highest BCUT2D eigenvalue weighted by atomic mass is 16.5. The molecular weight excluding hydrogens is 288 g/mol. The van der Waals surface area contributed by atoms with E-state index in [4.69, 9.17) is 4.74 Å². The number of hydrogen-bond acceptors (Lipinski definition) is 2. The molecule has 2 amide bonds. The van der Waals surface area contributed by atoms with E-state index in [-0.39, 0.29) is 6.03 Å². The molecule has 2 N–H and O–H groups in total. The van der Waals surface area contributed by atoms with Crippen molar-refractivity contribution in [3.63, 3.8) is 0 Å². The van der Waals surface area contributed by atoms with Crippen LogP contribution in [0.1, 0.15) is 22.3 Å². The van der Waals surface area contributed by atoms with E-state index in [9.17, 15) is 4.79 Å². The maximum atomic E-state index is 12.0. The summed E-state index contributed by atoms with van der Waals surface area (Å²) >= 11 is 0. The van der Waals surface area contributed by atoms with Gasteiger partial charge in [0.15, 0.2) is 0 Å². The molecule has 4 nitrogen and oxygen atoms in total. The maximum absolute atomic E-state index is 12.0. The molecule has 0 spiro atoms. The first-order chi connectivity index (χ1) is 11.0. The lowest BCUT2D eigenvalue weighted by atomic mass is 10.1. The van der Waals surface area contributed by atoms with Gasteiger partial charge in [0.05, 0.1) is 7.11 Å². The normalized spacial score (nSPS) is 10.6. The van der Waals surface area contributed by atoms with Crippen LogP contribution in [-0.4, -0.2) is 13.1 Å². The smallest absolute Gasteiger partial charge is 0.323 e. The van der Waals surface area contributed by atoms with Crippen LogP contribution in [0.4, 0.5) is 10.5 Å². The van der Waals surface area contributed by atoms with Crippen molar-refractivity contribution < 1.29 is 9.53 Å². The molecule has 0 aliphatic heterocycles. The van der Waals surface area contributed by atoms with Gasteiger partial charge in [-0.15, -0.1) is 0 Å². The summed E-state index contributed by atoms with van der Waals surface area (Å²) in [6, 6.07) is 11.4. The molecule has 2 aromatic rings. The molecule has 0 aliphatic carbocycles. The minimum absolute atomic E-state index is 0.272. The summed E-state index contributed by atoms with van der Waals surface area (Å²) in [7, 11) is 1.62. The van der Waals surface area contributed by atoms with Crippen molar-refractivity contribution in [3.8, 4) is 5.75 Å². The number of carbonyl (C=O) groups excluding carboxylic acids is 1. The Balaban J connectivity index is 2.02. The monoisotopic (exact) mass is 310 g/mol. The van der Waals surface area contributed by atoms with Gasteiger partial charge in [-0.05, 0) is 44.0 Å². The summed E-state index contributed by atoms with van der Waals surface area (Å²) in [5.41, 5.74) is 5.02. The molecule has 0 saturated carbocycles. The molecule has 0 fully saturated rings. The third kappa shape index (κ3) is 4.36. The Bertz CT molecular complexity index is 713. The highest BCUT2D eigenvalue weighted by Gasteiger charge is 2.07. The number of rotatable bonds is 4. The third-order valence-corrected chi connectivity index (χ3v) is 3.53. The van der Waals surface area contributed by atoms with Gasteiger partial charge in [-0.25, -0.2) is 4.79 Å². The summed E-state index contributed by atoms with van der Waals surface area (Å²) in [4.78, 5) is 12.0. The predicted octanol–water partition coefficient (Wildman–Crippen LogP) is 4.41. The Kier molecular flexibility index (Phi) is 5.41. The number of methoxy groups -OCH3 is 1. The lowest BCUT2D eigenvalue weighted by Crippen LogP contribution is -2.24. The number of amides is 2. The number of aryl methyl sites for hydroxylation is 3. The van der Waals surface area contributed by atoms with E-state index in [1.807, 2.05) is 57.2 Å². The summed E-state index contributed by atoms with van der Waals surface area (Å²) in [5, 5.41) is 5.60. The Hall–Kier alpha value is -2.75. The first-order valence-corrected chi connectivity index (χ1v) is 7.46. The maximum Gasteiger partial charge on any atom is 0.323 e. The molecule has 0 aromatic heterocycles. The third-order valence-electron chi connectivity index (χ3n) is 3.53. The van der Waals surface area contributed by atoms with E-state index in [0.29, 0.717) is 0 Å². The molecule has 2 rings (SSSR count). The summed E-state index contributed by atoms with van der Waals surface area (Å²) < 4.78 is 5.26. The van der Waals surface area contributed by atoms with Crippen molar-refractivity contribution in [2.75, 3.05) is 12.4 Å². The van der Waals surface area contributed by atoms with Gasteiger partial charge < -0.3 is 15.4 Å². The fourth-order valence-corrected chi connectivity index (χ4v) is 2.54. The Labute approximate surface area is 137 Å². The summed E-state index contributed by atoms with van der Waals surface area (Å²) in [6.07, 6.45) is 3.40. The van der Waals surface area contributed by atoms with Crippen molar-refractivity contribution >= 4 is 17.8 Å². The van der Waals surface area contributed by atoms with Crippen LogP contribution in [0.25, 0.3) is 6.08 Å². The summed E-state index contributed by atoms with van der Waals surface area (Å²) in [5.74, 6) is 0.760. The van der Waals surface area contributed by atoms with Crippen molar-refractivity contribution in [3.05, 3.63) is 64.9 Å².